The molecule has 0 aromatic carbocycles. The van der Waals surface area contributed by atoms with Gasteiger partial charge in [0.15, 0.2) is 5.82 Å². The summed E-state index contributed by atoms with van der Waals surface area (Å²) in [5, 5.41) is 6.50. The van der Waals surface area contributed by atoms with Crippen molar-refractivity contribution in [2.75, 3.05) is 5.32 Å². The van der Waals surface area contributed by atoms with Crippen LogP contribution in [0.3, 0.4) is 0 Å². The number of nitrogens with one attached hydrogen (secondary N) is 1. The van der Waals surface area contributed by atoms with E-state index in [4.69, 9.17) is 4.52 Å². The predicted octanol–water partition coefficient (Wildman–Crippen LogP) is 3.47. The van der Waals surface area contributed by atoms with E-state index in [0.29, 0.717) is 11.2 Å². The fourth-order valence-corrected chi connectivity index (χ4v) is 2.73. The largest absolute Gasteiger partial charge is 0.363 e. The summed E-state index contributed by atoms with van der Waals surface area (Å²) in [7, 11) is 0. The summed E-state index contributed by atoms with van der Waals surface area (Å²) in [6.45, 7) is 6.86. The van der Waals surface area contributed by atoms with Crippen LogP contribution in [0.15, 0.2) is 16.9 Å². The first-order valence-corrected chi connectivity index (χ1v) is 6.68. The Balaban J connectivity index is 1.84. The lowest BCUT2D eigenvalue weighted by Gasteiger charge is -2.36. The summed E-state index contributed by atoms with van der Waals surface area (Å²) in [4.78, 5) is 12.0. The van der Waals surface area contributed by atoms with Gasteiger partial charge in [0.1, 0.15) is 6.26 Å². The first kappa shape index (κ1) is 13.1. The number of nitrogens with zero attached hydrogens (tertiary/aromatic N) is 1. The van der Waals surface area contributed by atoms with Gasteiger partial charge in [0.05, 0.1) is 0 Å². The Morgan fingerprint density at radius 2 is 2.00 bits per heavy atom. The zero-order chi connectivity index (χ0) is 13.2. The van der Waals surface area contributed by atoms with E-state index in [9.17, 15) is 4.79 Å². The van der Waals surface area contributed by atoms with Gasteiger partial charge in [-0.1, -0.05) is 25.9 Å². The molecule has 0 unspecified atom stereocenters. The summed E-state index contributed by atoms with van der Waals surface area (Å²) in [5.41, 5.74) is 0.355. The van der Waals surface area contributed by atoms with Gasteiger partial charge in [-0.15, -0.1) is 0 Å². The minimum absolute atomic E-state index is 0.0799. The van der Waals surface area contributed by atoms with Crippen molar-refractivity contribution >= 4 is 11.7 Å². The van der Waals surface area contributed by atoms with Gasteiger partial charge in [-0.05, 0) is 37.0 Å². The molecule has 1 aromatic rings. The second kappa shape index (κ2) is 5.12. The monoisotopic (exact) mass is 250 g/mol. The van der Waals surface area contributed by atoms with Crippen LogP contribution in [-0.4, -0.2) is 11.1 Å². The van der Waals surface area contributed by atoms with E-state index >= 15 is 0 Å². The van der Waals surface area contributed by atoms with E-state index in [2.05, 4.69) is 31.2 Å². The molecule has 1 fully saturated rings. The van der Waals surface area contributed by atoms with Crippen LogP contribution in [0.4, 0.5) is 5.82 Å². The van der Waals surface area contributed by atoms with Crippen molar-refractivity contribution in [3.8, 4) is 0 Å². The van der Waals surface area contributed by atoms with E-state index in [-0.39, 0.29) is 11.8 Å². The Hall–Kier alpha value is -1.32. The van der Waals surface area contributed by atoms with Crippen LogP contribution in [0.1, 0.15) is 46.5 Å². The van der Waals surface area contributed by atoms with E-state index in [1.165, 1.54) is 6.26 Å². The summed E-state index contributed by atoms with van der Waals surface area (Å²) in [6, 6.07) is 1.67. The second-order valence-corrected chi connectivity index (χ2v) is 6.29. The Bertz CT molecular complexity index is 384. The molecule has 0 bridgehead atoms. The van der Waals surface area contributed by atoms with Gasteiger partial charge in [0, 0.05) is 12.0 Å². The van der Waals surface area contributed by atoms with Crippen molar-refractivity contribution in [3.05, 3.63) is 12.3 Å². The van der Waals surface area contributed by atoms with Gasteiger partial charge in [-0.2, -0.15) is 0 Å². The Labute approximate surface area is 108 Å². The highest BCUT2D eigenvalue weighted by Crippen LogP contribution is 2.39. The lowest BCUT2D eigenvalue weighted by atomic mass is 9.70. The third kappa shape index (κ3) is 3.12. The van der Waals surface area contributed by atoms with Crippen LogP contribution in [0, 0.1) is 17.3 Å². The highest BCUT2D eigenvalue weighted by molar-refractivity contribution is 5.91. The molecule has 0 spiro atoms. The summed E-state index contributed by atoms with van der Waals surface area (Å²) in [5.74, 6) is 1.45. The van der Waals surface area contributed by atoms with Gasteiger partial charge >= 0.3 is 0 Å². The van der Waals surface area contributed by atoms with Crippen molar-refractivity contribution in [2.24, 2.45) is 17.3 Å². The van der Waals surface area contributed by atoms with Crippen LogP contribution in [-0.2, 0) is 4.79 Å². The van der Waals surface area contributed by atoms with Crippen LogP contribution < -0.4 is 5.32 Å². The average Bonchev–Trinajstić information content (AvgIpc) is 2.81. The third-order valence-corrected chi connectivity index (χ3v) is 4.01. The lowest BCUT2D eigenvalue weighted by molar-refractivity contribution is -0.121. The molecule has 4 heteroatoms. The molecule has 1 aromatic heterocycles. The van der Waals surface area contributed by atoms with E-state index in [1.54, 1.807) is 6.07 Å². The molecule has 18 heavy (non-hydrogen) atoms. The van der Waals surface area contributed by atoms with E-state index in [0.717, 1.165) is 31.6 Å². The molecule has 1 amide bonds. The molecular formula is C14H22N2O2. The van der Waals surface area contributed by atoms with Gasteiger partial charge in [0.25, 0.3) is 0 Å². The molecule has 2 rings (SSSR count). The first-order valence-electron chi connectivity index (χ1n) is 6.68. The number of aromatic nitrogens is 1. The summed E-state index contributed by atoms with van der Waals surface area (Å²) >= 11 is 0. The molecule has 1 N–H and O–H groups in total. The minimum atomic E-state index is 0.0799. The Morgan fingerprint density at radius 1 is 1.33 bits per heavy atom. The fraction of sp³-hybridized carbons (Fsp3) is 0.714. The Morgan fingerprint density at radius 3 is 2.50 bits per heavy atom. The van der Waals surface area contributed by atoms with Crippen molar-refractivity contribution < 1.29 is 9.32 Å². The Kier molecular flexibility index (Phi) is 3.73. The first-order chi connectivity index (χ1) is 8.47. The minimum Gasteiger partial charge on any atom is -0.363 e. The van der Waals surface area contributed by atoms with Gasteiger partial charge < -0.3 is 9.84 Å². The van der Waals surface area contributed by atoms with E-state index < -0.39 is 0 Å². The third-order valence-electron chi connectivity index (χ3n) is 4.01. The lowest BCUT2D eigenvalue weighted by Crippen LogP contribution is -2.31. The summed E-state index contributed by atoms with van der Waals surface area (Å²) in [6.07, 6.45) is 5.70. The molecule has 0 atom stereocenters. The van der Waals surface area contributed by atoms with Crippen LogP contribution >= 0.6 is 0 Å². The van der Waals surface area contributed by atoms with Crippen LogP contribution in [0.2, 0.25) is 0 Å². The topological polar surface area (TPSA) is 55.1 Å². The summed E-state index contributed by atoms with van der Waals surface area (Å²) < 4.78 is 4.70. The molecule has 4 nitrogen and oxygen atoms in total. The smallest absolute Gasteiger partial charge is 0.228 e. The number of hydrogen-bond acceptors (Lipinski definition) is 3. The SMILES string of the molecule is CC(C)(C)C1CCC(C(=O)Nc2ccon2)CC1. The fourth-order valence-electron chi connectivity index (χ4n) is 2.73. The predicted molar refractivity (Wildman–Crippen MR) is 70.0 cm³/mol. The molecule has 1 aliphatic carbocycles. The molecule has 100 valence electrons. The van der Waals surface area contributed by atoms with Crippen molar-refractivity contribution in [1.82, 2.24) is 5.16 Å². The molecule has 1 heterocycles. The number of hydrogen-bond donors (Lipinski definition) is 1. The number of carbonyl (C=O) groups excluding carboxylic acids is 1. The van der Waals surface area contributed by atoms with Crippen LogP contribution in [0.5, 0.6) is 0 Å². The van der Waals surface area contributed by atoms with Crippen molar-refractivity contribution in [3.63, 3.8) is 0 Å². The number of amides is 1. The van der Waals surface area contributed by atoms with E-state index in [1.807, 2.05) is 0 Å². The highest BCUT2D eigenvalue weighted by atomic mass is 16.5. The maximum atomic E-state index is 12.0. The molecule has 0 aliphatic heterocycles. The standard InChI is InChI=1S/C14H22N2O2/c1-14(2,3)11-6-4-10(5-7-11)13(17)15-12-8-9-18-16-12/h8-11H,4-7H2,1-3H3,(H,15,16,17). The van der Waals surface area contributed by atoms with Crippen LogP contribution in [0.25, 0.3) is 0 Å². The highest BCUT2D eigenvalue weighted by Gasteiger charge is 2.32. The molecule has 0 radical (unpaired) electrons. The number of rotatable bonds is 2. The number of anilines is 1. The van der Waals surface area contributed by atoms with Gasteiger partial charge in [-0.25, -0.2) is 0 Å². The second-order valence-electron chi connectivity index (χ2n) is 6.29. The molecule has 0 saturated heterocycles. The molecular weight excluding hydrogens is 228 g/mol. The molecule has 1 aliphatic rings. The normalized spacial score (nSPS) is 24.8. The zero-order valence-electron chi connectivity index (χ0n) is 11.4. The van der Waals surface area contributed by atoms with Gasteiger partial charge in [0.2, 0.25) is 5.91 Å². The van der Waals surface area contributed by atoms with Crippen molar-refractivity contribution in [1.29, 1.82) is 0 Å². The molecule has 1 saturated carbocycles. The maximum absolute atomic E-state index is 12.0. The quantitative estimate of drug-likeness (QED) is 0.874. The van der Waals surface area contributed by atoms with Gasteiger partial charge in [-0.3, -0.25) is 4.79 Å². The average molecular weight is 250 g/mol. The van der Waals surface area contributed by atoms with Crippen molar-refractivity contribution in [2.45, 2.75) is 46.5 Å². The number of carbonyl (C=O) groups is 1. The zero-order valence-corrected chi connectivity index (χ0v) is 11.4. The maximum Gasteiger partial charge on any atom is 0.228 e.